The van der Waals surface area contributed by atoms with Crippen molar-refractivity contribution in [1.82, 2.24) is 0 Å². The third-order valence-corrected chi connectivity index (χ3v) is 11.7. The molecule has 0 fully saturated rings. The molecule has 0 radical (unpaired) electrons. The SMILES string of the molecule is CCCCOCP(Cl)(c1ccccc1)(c1ccccc1)c1ccccc1. The van der Waals surface area contributed by atoms with E-state index in [-0.39, 0.29) is 0 Å². The van der Waals surface area contributed by atoms with Gasteiger partial charge >= 0.3 is 162 Å². The van der Waals surface area contributed by atoms with Crippen molar-refractivity contribution in [1.29, 1.82) is 0 Å². The number of rotatable bonds is 8. The van der Waals surface area contributed by atoms with E-state index < -0.39 is 5.96 Å². The van der Waals surface area contributed by atoms with Gasteiger partial charge in [0.2, 0.25) is 0 Å². The van der Waals surface area contributed by atoms with Gasteiger partial charge in [-0.15, -0.1) is 0 Å². The molecule has 0 heterocycles. The van der Waals surface area contributed by atoms with Crippen LogP contribution >= 0.6 is 17.2 Å². The standard InChI is InChI=1S/C23H26ClOP/c1-2-3-19-25-20-26(24,21-13-7-4-8-14-21,22-15-9-5-10-16-22)23-17-11-6-12-18-23/h4-18H,2-3,19-20H2,1H3. The van der Waals surface area contributed by atoms with E-state index in [9.17, 15) is 0 Å². The van der Waals surface area contributed by atoms with Gasteiger partial charge < -0.3 is 0 Å². The molecule has 0 aliphatic rings. The van der Waals surface area contributed by atoms with E-state index in [1.54, 1.807) is 0 Å². The maximum absolute atomic E-state index is 7.86. The van der Waals surface area contributed by atoms with Crippen LogP contribution in [0.25, 0.3) is 0 Å². The van der Waals surface area contributed by atoms with Crippen LogP contribution in [-0.4, -0.2) is 13.0 Å². The number of ether oxygens (including phenoxy) is 1. The van der Waals surface area contributed by atoms with Gasteiger partial charge in [0, 0.05) is 0 Å². The minimum atomic E-state index is -3.23. The topological polar surface area (TPSA) is 9.23 Å². The van der Waals surface area contributed by atoms with E-state index in [1.165, 1.54) is 0 Å². The third kappa shape index (κ3) is 3.45. The van der Waals surface area contributed by atoms with Gasteiger partial charge in [-0.2, -0.15) is 0 Å². The fraction of sp³-hybridized carbons (Fsp3) is 0.217. The molecule has 26 heavy (non-hydrogen) atoms. The molecule has 0 aliphatic heterocycles. The van der Waals surface area contributed by atoms with Gasteiger partial charge in [-0.25, -0.2) is 0 Å². The van der Waals surface area contributed by atoms with Gasteiger partial charge in [0.15, 0.2) is 0 Å². The second-order valence-electron chi connectivity index (χ2n) is 6.58. The summed E-state index contributed by atoms with van der Waals surface area (Å²) < 4.78 is 6.23. The Balaban J connectivity index is 2.24. The van der Waals surface area contributed by atoms with Gasteiger partial charge in [-0.1, -0.05) is 0 Å². The van der Waals surface area contributed by atoms with Gasteiger partial charge in [-0.05, 0) is 0 Å². The van der Waals surface area contributed by atoms with Crippen molar-refractivity contribution < 1.29 is 4.74 Å². The second-order valence-corrected chi connectivity index (χ2v) is 13.0. The Bertz CT molecular complexity index is 706. The molecule has 3 aromatic rings. The minimum absolute atomic E-state index is 0.505. The van der Waals surface area contributed by atoms with E-state index in [0.29, 0.717) is 6.35 Å². The average molecular weight is 385 g/mol. The molecule has 3 aromatic carbocycles. The van der Waals surface area contributed by atoms with Gasteiger partial charge in [0.05, 0.1) is 0 Å². The van der Waals surface area contributed by atoms with Crippen LogP contribution < -0.4 is 15.9 Å². The van der Waals surface area contributed by atoms with Crippen molar-refractivity contribution in [3.05, 3.63) is 91.0 Å². The molecule has 0 spiro atoms. The number of halogens is 1. The molecule has 3 heteroatoms. The molecule has 0 bridgehead atoms. The van der Waals surface area contributed by atoms with Crippen molar-refractivity contribution in [2.75, 3.05) is 13.0 Å². The van der Waals surface area contributed by atoms with Crippen LogP contribution in [0.4, 0.5) is 0 Å². The normalized spacial score (nSPS) is 13.1. The Hall–Kier alpha value is -1.66. The van der Waals surface area contributed by atoms with Crippen molar-refractivity contribution >= 4 is 33.1 Å². The van der Waals surface area contributed by atoms with Crippen molar-refractivity contribution in [3.63, 3.8) is 0 Å². The van der Waals surface area contributed by atoms with Gasteiger partial charge in [-0.3, -0.25) is 0 Å². The molecule has 3 rings (SSSR count). The molecule has 0 amide bonds. The second kappa shape index (κ2) is 8.35. The summed E-state index contributed by atoms with van der Waals surface area (Å²) in [5, 5.41) is 3.44. The number of benzene rings is 3. The summed E-state index contributed by atoms with van der Waals surface area (Å²) in [4.78, 5) is 0. The van der Waals surface area contributed by atoms with Crippen LogP contribution in [0, 0.1) is 0 Å². The molecule has 0 aromatic heterocycles. The third-order valence-electron chi connectivity index (χ3n) is 4.86. The van der Waals surface area contributed by atoms with Crippen LogP contribution in [0.15, 0.2) is 91.0 Å². The van der Waals surface area contributed by atoms with Crippen LogP contribution in [0.5, 0.6) is 0 Å². The van der Waals surface area contributed by atoms with Gasteiger partial charge in [0.1, 0.15) is 0 Å². The van der Waals surface area contributed by atoms with Crippen LogP contribution in [-0.2, 0) is 4.74 Å². The summed E-state index contributed by atoms with van der Waals surface area (Å²) in [6.07, 6.45) is 2.66. The maximum atomic E-state index is 7.86. The molecular weight excluding hydrogens is 359 g/mol. The van der Waals surface area contributed by atoms with E-state index in [0.717, 1.165) is 35.4 Å². The molecule has 0 saturated carbocycles. The molecule has 136 valence electrons. The molecule has 0 atom stereocenters. The number of hydrogen-bond donors (Lipinski definition) is 0. The first-order valence-corrected chi connectivity index (χ1v) is 12.5. The van der Waals surface area contributed by atoms with Crippen LogP contribution in [0.2, 0.25) is 0 Å². The number of hydrogen-bond acceptors (Lipinski definition) is 1. The quantitative estimate of drug-likeness (QED) is 0.371. The first-order valence-electron chi connectivity index (χ1n) is 9.17. The summed E-state index contributed by atoms with van der Waals surface area (Å²) in [7, 11) is 0. The Labute approximate surface area is 161 Å². The average Bonchev–Trinajstić information content (AvgIpc) is 2.73. The monoisotopic (exact) mass is 384 g/mol. The van der Waals surface area contributed by atoms with Crippen molar-refractivity contribution in [3.8, 4) is 0 Å². The number of unbranched alkanes of at least 4 members (excludes halogenated alkanes) is 1. The predicted octanol–water partition coefficient (Wildman–Crippen LogP) is 5.44. The van der Waals surface area contributed by atoms with Crippen molar-refractivity contribution in [2.24, 2.45) is 0 Å². The summed E-state index contributed by atoms with van der Waals surface area (Å²) in [5.74, 6) is -3.23. The summed E-state index contributed by atoms with van der Waals surface area (Å²) in [6.45, 7) is 2.91. The zero-order valence-electron chi connectivity index (χ0n) is 15.2. The Kier molecular flexibility index (Phi) is 6.14. The van der Waals surface area contributed by atoms with E-state index in [2.05, 4.69) is 79.7 Å². The van der Waals surface area contributed by atoms with Crippen LogP contribution in [0.3, 0.4) is 0 Å². The Morgan fingerprint density at radius 3 is 1.42 bits per heavy atom. The zero-order valence-corrected chi connectivity index (χ0v) is 16.9. The zero-order chi connectivity index (χ0) is 18.3. The van der Waals surface area contributed by atoms with Crippen molar-refractivity contribution in [2.45, 2.75) is 19.8 Å². The fourth-order valence-electron chi connectivity index (χ4n) is 3.37. The van der Waals surface area contributed by atoms with E-state index >= 15 is 0 Å². The predicted molar refractivity (Wildman–Crippen MR) is 117 cm³/mol. The molecule has 1 nitrogen and oxygen atoms in total. The molecular formula is C23H26ClOP. The molecule has 0 N–H and O–H groups in total. The molecule has 0 saturated heterocycles. The summed E-state index contributed by atoms with van der Waals surface area (Å²) in [5.41, 5.74) is 0. The Morgan fingerprint density at radius 1 is 0.692 bits per heavy atom. The van der Waals surface area contributed by atoms with Gasteiger partial charge in [0.25, 0.3) is 0 Å². The van der Waals surface area contributed by atoms with E-state index in [4.69, 9.17) is 16.0 Å². The summed E-state index contributed by atoms with van der Waals surface area (Å²) in [6, 6.07) is 31.4. The molecule has 0 unspecified atom stereocenters. The first-order chi connectivity index (χ1) is 12.7. The Morgan fingerprint density at radius 2 is 1.08 bits per heavy atom. The fourth-order valence-corrected chi connectivity index (χ4v) is 8.79. The first kappa shape index (κ1) is 19.1. The molecule has 0 aliphatic carbocycles. The van der Waals surface area contributed by atoms with Crippen LogP contribution in [0.1, 0.15) is 19.8 Å². The van der Waals surface area contributed by atoms with E-state index in [1.807, 2.05) is 18.2 Å². The summed E-state index contributed by atoms with van der Waals surface area (Å²) >= 11 is 7.86.